The van der Waals surface area contributed by atoms with E-state index in [1.54, 1.807) is 37.5 Å². The third-order valence-corrected chi connectivity index (χ3v) is 2.12. The van der Waals surface area contributed by atoms with Gasteiger partial charge in [0.05, 0.1) is 18.6 Å². The largest absolute Gasteiger partial charge is 0.497 e. The third kappa shape index (κ3) is 3.64. The average Bonchev–Trinajstić information content (AvgIpc) is 2.20. The van der Waals surface area contributed by atoms with Gasteiger partial charge in [-0.3, -0.25) is 4.79 Å². The average molecular weight is 227 g/mol. The number of hydrogen-bond acceptors (Lipinski definition) is 2. The molecule has 0 aromatic heterocycles. The lowest BCUT2D eigenvalue weighted by Crippen LogP contribution is -1.89. The van der Waals surface area contributed by atoms with Crippen molar-refractivity contribution in [1.82, 2.24) is 0 Å². The van der Waals surface area contributed by atoms with Crippen LogP contribution in [0.15, 0.2) is 24.3 Å². The van der Waals surface area contributed by atoms with Crippen LogP contribution >= 0.6 is 11.6 Å². The SMILES string of the molecule is COc1ccc(C=CCC(=O)O)c(Cl)c1. The van der Waals surface area contributed by atoms with Gasteiger partial charge in [-0.25, -0.2) is 0 Å². The minimum absolute atomic E-state index is 0.0115. The summed E-state index contributed by atoms with van der Waals surface area (Å²) in [5.74, 6) is -0.189. The Labute approximate surface area is 92.9 Å². The van der Waals surface area contributed by atoms with Crippen molar-refractivity contribution in [2.45, 2.75) is 6.42 Å². The Morgan fingerprint density at radius 1 is 1.60 bits per heavy atom. The van der Waals surface area contributed by atoms with Crippen molar-refractivity contribution in [2.24, 2.45) is 0 Å². The third-order valence-electron chi connectivity index (χ3n) is 1.80. The van der Waals surface area contributed by atoms with Crippen molar-refractivity contribution in [2.75, 3.05) is 7.11 Å². The molecule has 0 saturated heterocycles. The molecule has 0 saturated carbocycles. The van der Waals surface area contributed by atoms with Crippen LogP contribution in [0.4, 0.5) is 0 Å². The molecule has 1 rings (SSSR count). The van der Waals surface area contributed by atoms with Crippen LogP contribution in [-0.2, 0) is 4.79 Å². The minimum atomic E-state index is -0.865. The molecule has 4 heteroatoms. The summed E-state index contributed by atoms with van der Waals surface area (Å²) >= 11 is 5.94. The Bertz CT molecular complexity index is 385. The maximum atomic E-state index is 10.3. The van der Waals surface area contributed by atoms with Gasteiger partial charge in [-0.1, -0.05) is 23.8 Å². The highest BCUT2D eigenvalue weighted by atomic mass is 35.5. The fourth-order valence-corrected chi connectivity index (χ4v) is 1.29. The van der Waals surface area contributed by atoms with E-state index in [1.165, 1.54) is 0 Å². The van der Waals surface area contributed by atoms with Crippen molar-refractivity contribution >= 4 is 23.6 Å². The summed E-state index contributed by atoms with van der Waals surface area (Å²) in [7, 11) is 1.56. The van der Waals surface area contributed by atoms with E-state index in [0.29, 0.717) is 10.8 Å². The highest BCUT2D eigenvalue weighted by molar-refractivity contribution is 6.32. The Morgan fingerprint density at radius 2 is 2.33 bits per heavy atom. The topological polar surface area (TPSA) is 46.5 Å². The highest BCUT2D eigenvalue weighted by Crippen LogP contribution is 2.23. The molecule has 0 unspecified atom stereocenters. The number of halogens is 1. The van der Waals surface area contributed by atoms with Crippen molar-refractivity contribution in [3.63, 3.8) is 0 Å². The van der Waals surface area contributed by atoms with Gasteiger partial charge in [-0.2, -0.15) is 0 Å². The van der Waals surface area contributed by atoms with E-state index in [-0.39, 0.29) is 6.42 Å². The minimum Gasteiger partial charge on any atom is -0.497 e. The molecule has 0 fully saturated rings. The van der Waals surface area contributed by atoms with Gasteiger partial charge in [0, 0.05) is 0 Å². The molecular formula is C11H11ClO3. The molecule has 0 aliphatic rings. The molecule has 0 spiro atoms. The van der Waals surface area contributed by atoms with Crippen LogP contribution < -0.4 is 4.74 Å². The van der Waals surface area contributed by atoms with Crippen LogP contribution in [0.2, 0.25) is 5.02 Å². The van der Waals surface area contributed by atoms with Crippen LogP contribution in [-0.4, -0.2) is 18.2 Å². The summed E-state index contributed by atoms with van der Waals surface area (Å²) in [4.78, 5) is 10.3. The maximum Gasteiger partial charge on any atom is 0.307 e. The predicted octanol–water partition coefficient (Wildman–Crippen LogP) is 2.84. The number of ether oxygens (including phenoxy) is 1. The number of carboxylic acids is 1. The normalized spacial score (nSPS) is 10.5. The zero-order chi connectivity index (χ0) is 11.3. The molecule has 0 amide bonds. The molecule has 1 N–H and O–H groups in total. The second kappa shape index (κ2) is 5.41. The first kappa shape index (κ1) is 11.6. The molecule has 1 aromatic rings. The lowest BCUT2D eigenvalue weighted by molar-refractivity contribution is -0.135. The number of methoxy groups -OCH3 is 1. The zero-order valence-electron chi connectivity index (χ0n) is 8.24. The summed E-state index contributed by atoms with van der Waals surface area (Å²) < 4.78 is 4.99. The molecule has 0 aliphatic heterocycles. The zero-order valence-corrected chi connectivity index (χ0v) is 8.99. The molecule has 80 valence electrons. The van der Waals surface area contributed by atoms with Crippen LogP contribution in [0, 0.1) is 0 Å². The number of rotatable bonds is 4. The molecule has 0 atom stereocenters. The number of hydrogen-bond donors (Lipinski definition) is 1. The van der Waals surface area contributed by atoms with Gasteiger partial charge in [0.1, 0.15) is 5.75 Å². The Hall–Kier alpha value is -1.48. The van der Waals surface area contributed by atoms with Gasteiger partial charge in [-0.05, 0) is 23.8 Å². The van der Waals surface area contributed by atoms with Crippen molar-refractivity contribution in [3.05, 3.63) is 34.9 Å². The second-order valence-corrected chi connectivity index (χ2v) is 3.29. The molecule has 15 heavy (non-hydrogen) atoms. The van der Waals surface area contributed by atoms with E-state index >= 15 is 0 Å². The molecule has 0 aliphatic carbocycles. The number of benzene rings is 1. The quantitative estimate of drug-likeness (QED) is 0.859. The number of carboxylic acid groups (broad SMARTS) is 1. The first-order valence-corrected chi connectivity index (χ1v) is 4.73. The van der Waals surface area contributed by atoms with Gasteiger partial charge >= 0.3 is 5.97 Å². The van der Waals surface area contributed by atoms with E-state index in [4.69, 9.17) is 21.4 Å². The first-order chi connectivity index (χ1) is 7.13. The number of aliphatic carboxylic acids is 1. The van der Waals surface area contributed by atoms with E-state index in [0.717, 1.165) is 5.56 Å². The molecule has 1 aromatic carbocycles. The molecule has 0 heterocycles. The number of carbonyl (C=O) groups is 1. The second-order valence-electron chi connectivity index (χ2n) is 2.89. The summed E-state index contributed by atoms with van der Waals surface area (Å²) in [6, 6.07) is 5.23. The smallest absolute Gasteiger partial charge is 0.307 e. The fraction of sp³-hybridized carbons (Fsp3) is 0.182. The van der Waals surface area contributed by atoms with Crippen molar-refractivity contribution in [1.29, 1.82) is 0 Å². The monoisotopic (exact) mass is 226 g/mol. The van der Waals surface area contributed by atoms with Gasteiger partial charge < -0.3 is 9.84 Å². The molecule has 3 nitrogen and oxygen atoms in total. The molecule has 0 bridgehead atoms. The Morgan fingerprint density at radius 3 is 2.87 bits per heavy atom. The van der Waals surface area contributed by atoms with Gasteiger partial charge in [0.25, 0.3) is 0 Å². The summed E-state index contributed by atoms with van der Waals surface area (Å²) in [5, 5.41) is 8.98. The lowest BCUT2D eigenvalue weighted by atomic mass is 10.2. The van der Waals surface area contributed by atoms with E-state index in [2.05, 4.69) is 0 Å². The Balaban J connectivity index is 2.78. The summed E-state index contributed by atoms with van der Waals surface area (Å²) in [6.07, 6.45) is 3.22. The summed E-state index contributed by atoms with van der Waals surface area (Å²) in [6.45, 7) is 0. The van der Waals surface area contributed by atoms with Crippen LogP contribution in [0.5, 0.6) is 5.75 Å². The first-order valence-electron chi connectivity index (χ1n) is 4.35. The fourth-order valence-electron chi connectivity index (χ4n) is 1.06. The van der Waals surface area contributed by atoms with Crippen molar-refractivity contribution in [3.8, 4) is 5.75 Å². The van der Waals surface area contributed by atoms with E-state index in [9.17, 15) is 4.79 Å². The van der Waals surface area contributed by atoms with E-state index in [1.807, 2.05) is 0 Å². The lowest BCUT2D eigenvalue weighted by Gasteiger charge is -2.02. The maximum absolute atomic E-state index is 10.3. The van der Waals surface area contributed by atoms with Gasteiger partial charge in [0.15, 0.2) is 0 Å². The standard InChI is InChI=1S/C11H11ClO3/c1-15-9-6-5-8(10(12)7-9)3-2-4-11(13)14/h2-3,5-7H,4H2,1H3,(H,13,14). The van der Waals surface area contributed by atoms with Crippen LogP contribution in [0.3, 0.4) is 0 Å². The highest BCUT2D eigenvalue weighted by Gasteiger charge is 1.99. The molecule has 0 radical (unpaired) electrons. The van der Waals surface area contributed by atoms with E-state index < -0.39 is 5.97 Å². The predicted molar refractivity (Wildman–Crippen MR) is 59.3 cm³/mol. The Kier molecular flexibility index (Phi) is 4.18. The van der Waals surface area contributed by atoms with Crippen LogP contribution in [0.25, 0.3) is 6.08 Å². The van der Waals surface area contributed by atoms with Gasteiger partial charge in [0.2, 0.25) is 0 Å². The molecular weight excluding hydrogens is 216 g/mol. The van der Waals surface area contributed by atoms with Gasteiger partial charge in [-0.15, -0.1) is 0 Å². The van der Waals surface area contributed by atoms with Crippen LogP contribution in [0.1, 0.15) is 12.0 Å². The summed E-state index contributed by atoms with van der Waals surface area (Å²) in [5.41, 5.74) is 0.777. The van der Waals surface area contributed by atoms with Crippen molar-refractivity contribution < 1.29 is 14.6 Å².